The number of nitrogens with zero attached hydrogens (tertiary/aromatic N) is 1. The molecule has 3 fully saturated rings. The van der Waals surface area contributed by atoms with Crippen LogP contribution in [0.5, 0.6) is 5.75 Å². The number of amides is 2. The lowest BCUT2D eigenvalue weighted by atomic mass is 9.78. The van der Waals surface area contributed by atoms with Gasteiger partial charge in [-0.2, -0.15) is 5.26 Å². The Morgan fingerprint density at radius 3 is 2.35 bits per heavy atom. The molecule has 1 heterocycles. The number of rotatable bonds is 8. The Balaban J connectivity index is 1.24. The van der Waals surface area contributed by atoms with Gasteiger partial charge in [0.25, 0.3) is 5.91 Å². The van der Waals surface area contributed by atoms with Crippen LogP contribution in [0.15, 0.2) is 51.8 Å². The number of halogens is 2. The molecule has 2 aromatic carbocycles. The van der Waals surface area contributed by atoms with Gasteiger partial charge in [-0.15, -0.1) is 11.8 Å². The molecule has 3 saturated carbocycles. The summed E-state index contributed by atoms with van der Waals surface area (Å²) in [6.45, 7) is 0. The standard InChI is InChI=1S/C30H29F2N3O4S/c1-38-23-15-19(4-7-25(23)40-21-5-6-21)18-2-3-20-16-24(39-22(20)14-18)26(36)34-29(10-12-30(31,32)13-11-29)27(37)35-28(17-33)8-9-28/h2-4,7,14-16,21H,5-6,8-13H2,1H3,(H,34,36)(H,35,37). The van der Waals surface area contributed by atoms with Crippen LogP contribution < -0.4 is 15.4 Å². The third-order valence-electron chi connectivity index (χ3n) is 8.00. The van der Waals surface area contributed by atoms with Crippen molar-refractivity contribution in [2.24, 2.45) is 0 Å². The Morgan fingerprint density at radius 2 is 1.70 bits per heavy atom. The van der Waals surface area contributed by atoms with Gasteiger partial charge in [-0.3, -0.25) is 9.59 Å². The summed E-state index contributed by atoms with van der Waals surface area (Å²) >= 11 is 1.82. The van der Waals surface area contributed by atoms with E-state index in [1.54, 1.807) is 13.2 Å². The Hall–Kier alpha value is -3.58. The summed E-state index contributed by atoms with van der Waals surface area (Å²) in [4.78, 5) is 27.7. The number of ether oxygens (including phenoxy) is 1. The molecule has 2 N–H and O–H groups in total. The van der Waals surface area contributed by atoms with Crippen molar-refractivity contribution in [3.05, 3.63) is 48.2 Å². The van der Waals surface area contributed by atoms with E-state index in [9.17, 15) is 23.6 Å². The molecule has 0 unspecified atom stereocenters. The third kappa shape index (κ3) is 5.27. The summed E-state index contributed by atoms with van der Waals surface area (Å²) in [5, 5.41) is 16.1. The predicted molar refractivity (Wildman–Crippen MR) is 146 cm³/mol. The molecule has 1 aromatic heterocycles. The van der Waals surface area contributed by atoms with E-state index in [1.807, 2.05) is 42.1 Å². The molecule has 3 aliphatic carbocycles. The van der Waals surface area contributed by atoms with E-state index < -0.39 is 41.7 Å². The molecule has 0 aliphatic heterocycles. The van der Waals surface area contributed by atoms with Crippen LogP contribution in [0.2, 0.25) is 0 Å². The fourth-order valence-electron chi connectivity index (χ4n) is 5.09. The molecular weight excluding hydrogens is 536 g/mol. The fourth-order valence-corrected chi connectivity index (χ4v) is 6.23. The SMILES string of the molecule is COc1cc(-c2ccc3cc(C(=O)NC4(C(=O)NC5(C#N)CC5)CCC(F)(F)CC4)oc3c2)ccc1SC1CC1. The average molecular weight is 566 g/mol. The zero-order chi connectivity index (χ0) is 28.1. The minimum Gasteiger partial charge on any atom is -0.496 e. The molecule has 10 heteroatoms. The number of carbonyl (C=O) groups is 2. The maximum atomic E-state index is 14.0. The molecule has 0 radical (unpaired) electrons. The number of benzene rings is 2. The van der Waals surface area contributed by atoms with Gasteiger partial charge < -0.3 is 19.8 Å². The lowest BCUT2D eigenvalue weighted by Crippen LogP contribution is -2.62. The van der Waals surface area contributed by atoms with Gasteiger partial charge >= 0.3 is 0 Å². The monoisotopic (exact) mass is 565 g/mol. The summed E-state index contributed by atoms with van der Waals surface area (Å²) in [6, 6.07) is 15.3. The number of fused-ring (bicyclic) bond motifs is 1. The van der Waals surface area contributed by atoms with Crippen LogP contribution in [-0.2, 0) is 4.79 Å². The predicted octanol–water partition coefficient (Wildman–Crippen LogP) is 6.21. The van der Waals surface area contributed by atoms with Crippen molar-refractivity contribution in [3.8, 4) is 22.9 Å². The minimum atomic E-state index is -2.91. The van der Waals surface area contributed by atoms with Gasteiger partial charge in [-0.05, 0) is 73.9 Å². The lowest BCUT2D eigenvalue weighted by Gasteiger charge is -2.39. The third-order valence-corrected chi connectivity index (χ3v) is 9.39. The Morgan fingerprint density at radius 1 is 1.00 bits per heavy atom. The van der Waals surface area contributed by atoms with Gasteiger partial charge in [0.1, 0.15) is 22.4 Å². The number of nitriles is 1. The van der Waals surface area contributed by atoms with Crippen molar-refractivity contribution < 1.29 is 27.5 Å². The van der Waals surface area contributed by atoms with Gasteiger partial charge in [0, 0.05) is 28.4 Å². The second-order valence-corrected chi connectivity index (χ2v) is 12.4. The van der Waals surface area contributed by atoms with E-state index in [4.69, 9.17) is 9.15 Å². The second kappa shape index (κ2) is 9.81. The highest BCUT2D eigenvalue weighted by Crippen LogP contribution is 2.44. The van der Waals surface area contributed by atoms with Crippen LogP contribution in [0.25, 0.3) is 22.1 Å². The molecule has 0 atom stereocenters. The number of hydrogen-bond donors (Lipinski definition) is 2. The maximum absolute atomic E-state index is 14.0. The molecule has 2 amide bonds. The lowest BCUT2D eigenvalue weighted by molar-refractivity contribution is -0.133. The van der Waals surface area contributed by atoms with Crippen LogP contribution in [0.1, 0.15) is 61.9 Å². The van der Waals surface area contributed by atoms with Gasteiger partial charge in [0.05, 0.1) is 13.2 Å². The van der Waals surface area contributed by atoms with E-state index in [-0.39, 0.29) is 18.6 Å². The first-order valence-electron chi connectivity index (χ1n) is 13.5. The van der Waals surface area contributed by atoms with Crippen molar-refractivity contribution >= 4 is 34.5 Å². The first-order chi connectivity index (χ1) is 19.1. The number of nitrogens with one attached hydrogen (secondary N) is 2. The van der Waals surface area contributed by atoms with Crippen molar-refractivity contribution in [2.75, 3.05) is 7.11 Å². The summed E-state index contributed by atoms with van der Waals surface area (Å²) in [7, 11) is 1.65. The Labute approximate surface area is 234 Å². The zero-order valence-electron chi connectivity index (χ0n) is 22.0. The van der Waals surface area contributed by atoms with E-state index in [0.29, 0.717) is 29.1 Å². The van der Waals surface area contributed by atoms with Crippen LogP contribution >= 0.6 is 11.8 Å². The van der Waals surface area contributed by atoms with Crippen molar-refractivity contribution in [2.45, 2.75) is 78.5 Å². The maximum Gasteiger partial charge on any atom is 0.287 e. The summed E-state index contributed by atoms with van der Waals surface area (Å²) in [5.74, 6) is -3.39. The quantitative estimate of drug-likeness (QED) is 0.336. The molecule has 40 heavy (non-hydrogen) atoms. The average Bonchev–Trinajstić information content (AvgIpc) is 3.88. The topological polar surface area (TPSA) is 104 Å². The molecule has 0 spiro atoms. The first-order valence-corrected chi connectivity index (χ1v) is 14.3. The Bertz CT molecular complexity index is 1530. The minimum absolute atomic E-state index is 0.0214. The van der Waals surface area contributed by atoms with E-state index in [1.165, 1.54) is 12.8 Å². The van der Waals surface area contributed by atoms with Gasteiger partial charge in [0.2, 0.25) is 11.8 Å². The van der Waals surface area contributed by atoms with Crippen molar-refractivity contribution in [1.82, 2.24) is 10.6 Å². The molecule has 3 aromatic rings. The molecule has 0 bridgehead atoms. The summed E-state index contributed by atoms with van der Waals surface area (Å²) < 4.78 is 39.5. The van der Waals surface area contributed by atoms with Crippen LogP contribution in [-0.4, -0.2) is 41.2 Å². The number of hydrogen-bond acceptors (Lipinski definition) is 6. The molecule has 0 saturated heterocycles. The smallest absolute Gasteiger partial charge is 0.287 e. The largest absolute Gasteiger partial charge is 0.496 e. The second-order valence-electron chi connectivity index (χ2n) is 11.1. The molecular formula is C30H29F2N3O4S. The highest BCUT2D eigenvalue weighted by molar-refractivity contribution is 8.00. The van der Waals surface area contributed by atoms with Gasteiger partial charge in [0.15, 0.2) is 5.76 Å². The molecule has 7 nitrogen and oxygen atoms in total. The normalized spacial score (nSPS) is 20.4. The van der Waals surface area contributed by atoms with Gasteiger partial charge in [-0.1, -0.05) is 18.2 Å². The highest BCUT2D eigenvalue weighted by atomic mass is 32.2. The highest BCUT2D eigenvalue weighted by Gasteiger charge is 2.53. The van der Waals surface area contributed by atoms with Crippen molar-refractivity contribution in [3.63, 3.8) is 0 Å². The number of furan rings is 1. The fraction of sp³-hybridized carbons (Fsp3) is 0.433. The number of thioether (sulfide) groups is 1. The van der Waals surface area contributed by atoms with E-state index in [2.05, 4.69) is 22.8 Å². The summed E-state index contributed by atoms with van der Waals surface area (Å²) in [6.07, 6.45) is 1.89. The summed E-state index contributed by atoms with van der Waals surface area (Å²) in [5.41, 5.74) is -0.236. The van der Waals surface area contributed by atoms with Crippen LogP contribution in [0.3, 0.4) is 0 Å². The van der Waals surface area contributed by atoms with Crippen LogP contribution in [0, 0.1) is 11.3 Å². The number of alkyl halides is 2. The number of methoxy groups -OCH3 is 1. The van der Waals surface area contributed by atoms with Crippen molar-refractivity contribution in [1.29, 1.82) is 5.26 Å². The van der Waals surface area contributed by atoms with E-state index in [0.717, 1.165) is 21.8 Å². The molecule has 3 aliphatic rings. The Kier molecular flexibility index (Phi) is 6.53. The molecule has 208 valence electrons. The van der Waals surface area contributed by atoms with Crippen LogP contribution in [0.4, 0.5) is 8.78 Å². The zero-order valence-corrected chi connectivity index (χ0v) is 22.8. The van der Waals surface area contributed by atoms with E-state index >= 15 is 0 Å². The van der Waals surface area contributed by atoms with Gasteiger partial charge in [-0.25, -0.2) is 8.78 Å². The molecule has 6 rings (SSSR count). The number of carbonyl (C=O) groups excluding carboxylic acids is 2. The first kappa shape index (κ1) is 26.6.